The van der Waals surface area contributed by atoms with Crippen LogP contribution in [-0.4, -0.2) is 43.6 Å². The van der Waals surface area contributed by atoms with Gasteiger partial charge in [-0.05, 0) is 92.9 Å². The summed E-state index contributed by atoms with van der Waals surface area (Å²) in [7, 11) is 0. The van der Waals surface area contributed by atoms with Crippen molar-refractivity contribution in [2.24, 2.45) is 5.73 Å². The summed E-state index contributed by atoms with van der Waals surface area (Å²) >= 11 is 0. The fourth-order valence-corrected chi connectivity index (χ4v) is 7.15. The fraction of sp³-hybridized carbons (Fsp3) is 0.300. The molecule has 1 aliphatic rings. The van der Waals surface area contributed by atoms with E-state index in [1.165, 1.54) is 5.01 Å². The Morgan fingerprint density at radius 2 is 1.21 bits per heavy atom. The summed E-state index contributed by atoms with van der Waals surface area (Å²) in [5.74, 6) is 1.25. The van der Waals surface area contributed by atoms with E-state index in [9.17, 15) is 9.59 Å². The lowest BCUT2D eigenvalue weighted by Crippen LogP contribution is -2.58. The summed E-state index contributed by atoms with van der Waals surface area (Å²) in [5.41, 5.74) is 12.5. The second kappa shape index (κ2) is 14.3. The minimum atomic E-state index is -1.30. The van der Waals surface area contributed by atoms with E-state index in [0.717, 1.165) is 81.4 Å². The van der Waals surface area contributed by atoms with E-state index in [4.69, 9.17) is 10.5 Å². The van der Waals surface area contributed by atoms with Crippen LogP contribution in [0.4, 0.5) is 16.2 Å². The molecule has 0 unspecified atom stereocenters. The van der Waals surface area contributed by atoms with Gasteiger partial charge in [0.05, 0.1) is 0 Å². The summed E-state index contributed by atoms with van der Waals surface area (Å²) in [6.07, 6.45) is 0.636. The van der Waals surface area contributed by atoms with Crippen molar-refractivity contribution in [1.29, 1.82) is 0 Å². The normalized spacial score (nSPS) is 12.6. The van der Waals surface area contributed by atoms with E-state index < -0.39 is 11.6 Å². The number of hydrogen-bond donors (Lipinski definition) is 2. The zero-order chi connectivity index (χ0) is 34.6. The van der Waals surface area contributed by atoms with Crippen LogP contribution in [0.1, 0.15) is 63.8 Å². The predicted molar refractivity (Wildman–Crippen MR) is 198 cm³/mol. The molecule has 1 heterocycles. The summed E-state index contributed by atoms with van der Waals surface area (Å²) in [4.78, 5) is 30.3. The molecule has 0 spiro atoms. The van der Waals surface area contributed by atoms with Crippen molar-refractivity contribution < 1.29 is 14.3 Å². The Morgan fingerprint density at radius 3 is 1.62 bits per heavy atom. The van der Waals surface area contributed by atoms with E-state index in [2.05, 4.69) is 91.5 Å². The first kappa shape index (κ1) is 34.1. The van der Waals surface area contributed by atoms with Crippen LogP contribution in [0.5, 0.6) is 11.5 Å². The van der Waals surface area contributed by atoms with Crippen molar-refractivity contribution in [2.75, 3.05) is 36.0 Å². The number of anilines is 2. The van der Waals surface area contributed by atoms with Gasteiger partial charge >= 0.3 is 6.03 Å². The first-order valence-electron chi connectivity index (χ1n) is 17.0. The Kier molecular flexibility index (Phi) is 10.1. The zero-order valence-electron chi connectivity index (χ0n) is 29.1. The minimum Gasteiger partial charge on any atom is -0.455 e. The van der Waals surface area contributed by atoms with Crippen LogP contribution in [0.3, 0.4) is 0 Å². The van der Waals surface area contributed by atoms with Gasteiger partial charge in [-0.2, -0.15) is 0 Å². The lowest BCUT2D eigenvalue weighted by Gasteiger charge is -2.47. The molecule has 0 atom stereocenters. The number of nitrogens with two attached hydrogens (primary N) is 1. The molecule has 0 radical (unpaired) electrons. The summed E-state index contributed by atoms with van der Waals surface area (Å²) < 4.78 is 7.01. The van der Waals surface area contributed by atoms with Crippen molar-refractivity contribution in [1.82, 2.24) is 10.4 Å². The molecule has 0 fully saturated rings. The molecule has 1 aliphatic heterocycles. The largest absolute Gasteiger partial charge is 0.455 e. The Morgan fingerprint density at radius 1 is 0.729 bits per heavy atom. The highest BCUT2D eigenvalue weighted by molar-refractivity contribution is 5.98. The van der Waals surface area contributed by atoms with Crippen molar-refractivity contribution >= 4 is 45.4 Å². The molecule has 8 heteroatoms. The summed E-state index contributed by atoms with van der Waals surface area (Å²) in [5, 5.41) is 5.12. The predicted octanol–water partition coefficient (Wildman–Crippen LogP) is 8.46. The number of carbonyl (C=O) groups is 2. The standard InChI is InChI=1S/C38H41N5O3.C2H6/c1-6-41(7-2)28-16-18-30-26(22-28)14-20-33-35(30)46-36-31-19-17-29(42(8-3)9-4)23-27(31)15-21-34(36)38(33,43(24-44)40-37(39)45)32-13-11-10-12-25(32)5;1-2/h10-24H,6-9H2,1-5H3,(H3,39,40,45);1-2H3. The van der Waals surface area contributed by atoms with Crippen LogP contribution in [-0.2, 0) is 10.3 Å². The van der Waals surface area contributed by atoms with Crippen molar-refractivity contribution in [3.63, 3.8) is 0 Å². The van der Waals surface area contributed by atoms with E-state index in [-0.39, 0.29) is 0 Å². The Hall–Kier alpha value is -5.24. The molecule has 5 aromatic carbocycles. The number of rotatable bonds is 10. The van der Waals surface area contributed by atoms with Crippen LogP contribution in [0.15, 0.2) is 84.9 Å². The van der Waals surface area contributed by atoms with E-state index in [1.807, 2.05) is 57.2 Å². The fourth-order valence-electron chi connectivity index (χ4n) is 7.15. The molecule has 250 valence electrons. The van der Waals surface area contributed by atoms with Gasteiger partial charge in [-0.1, -0.05) is 62.4 Å². The van der Waals surface area contributed by atoms with E-state index >= 15 is 0 Å². The van der Waals surface area contributed by atoms with E-state index in [1.54, 1.807) is 0 Å². The minimum absolute atomic E-state index is 0.623. The second-order valence-electron chi connectivity index (χ2n) is 11.6. The first-order chi connectivity index (χ1) is 23.3. The monoisotopic (exact) mass is 645 g/mol. The molecule has 0 aliphatic carbocycles. The van der Waals surface area contributed by atoms with E-state index in [0.29, 0.717) is 17.9 Å². The smallest absolute Gasteiger partial charge is 0.331 e. The van der Waals surface area contributed by atoms with Gasteiger partial charge in [-0.15, -0.1) is 0 Å². The third-order valence-corrected chi connectivity index (χ3v) is 9.38. The average molecular weight is 646 g/mol. The number of primary amides is 1. The number of fused-ring (bicyclic) bond motifs is 6. The number of urea groups is 1. The highest BCUT2D eigenvalue weighted by Crippen LogP contribution is 2.57. The lowest BCUT2D eigenvalue weighted by atomic mass is 9.72. The number of carbonyl (C=O) groups excluding carboxylic acids is 2. The number of amides is 3. The number of nitrogens with zero attached hydrogens (tertiary/aromatic N) is 3. The quantitative estimate of drug-likeness (QED) is 0.117. The molecule has 3 N–H and O–H groups in total. The average Bonchev–Trinajstić information content (AvgIpc) is 3.11. The Balaban J connectivity index is 0.00000221. The van der Waals surface area contributed by atoms with Gasteiger partial charge in [0.15, 0.2) is 0 Å². The first-order valence-corrected chi connectivity index (χ1v) is 17.0. The molecule has 0 bridgehead atoms. The molecule has 5 aromatic rings. The van der Waals surface area contributed by atoms with Gasteiger partial charge in [0, 0.05) is 59.5 Å². The topological polar surface area (TPSA) is 91.1 Å². The molecule has 6 rings (SSSR count). The molecule has 0 saturated heterocycles. The molecule has 3 amide bonds. The molecule has 48 heavy (non-hydrogen) atoms. The number of ether oxygens (including phenoxy) is 1. The van der Waals surface area contributed by atoms with Crippen molar-refractivity contribution in [2.45, 2.75) is 54.0 Å². The zero-order valence-corrected chi connectivity index (χ0v) is 29.1. The van der Waals surface area contributed by atoms with Crippen molar-refractivity contribution in [3.05, 3.63) is 107 Å². The van der Waals surface area contributed by atoms with Crippen molar-refractivity contribution in [3.8, 4) is 11.5 Å². The number of benzene rings is 5. The number of nitrogens with one attached hydrogen (secondary N) is 1. The number of aryl methyl sites for hydroxylation is 1. The molecule has 8 nitrogen and oxygen atoms in total. The molecular formula is C40H47N5O3. The van der Waals surface area contributed by atoms with Gasteiger partial charge in [-0.25, -0.2) is 15.2 Å². The maximum absolute atomic E-state index is 13.2. The third-order valence-electron chi connectivity index (χ3n) is 9.38. The summed E-state index contributed by atoms with van der Waals surface area (Å²) in [6.45, 7) is 18.2. The lowest BCUT2D eigenvalue weighted by molar-refractivity contribution is -0.124. The Bertz CT molecular complexity index is 1850. The Labute approximate surface area is 284 Å². The van der Waals surface area contributed by atoms with Crippen LogP contribution < -0.4 is 25.7 Å². The van der Waals surface area contributed by atoms with Crippen LogP contribution in [0.25, 0.3) is 21.5 Å². The SMILES string of the molecule is CC.CCN(CC)c1ccc2c3c(ccc2c1)C(c1ccccc1C)(N(C=O)NC(N)=O)c1ccc2cc(N(CC)CC)ccc2c1O3. The maximum atomic E-state index is 13.2. The van der Waals surface area contributed by atoms with Gasteiger partial charge in [0.2, 0.25) is 6.41 Å². The molecule has 0 aromatic heterocycles. The number of hydrazine groups is 1. The highest BCUT2D eigenvalue weighted by Gasteiger charge is 2.51. The van der Waals surface area contributed by atoms with Crippen LogP contribution in [0, 0.1) is 6.92 Å². The second-order valence-corrected chi connectivity index (χ2v) is 11.6. The van der Waals surface area contributed by atoms with Crippen LogP contribution in [0.2, 0.25) is 0 Å². The highest BCUT2D eigenvalue weighted by atomic mass is 16.5. The van der Waals surface area contributed by atoms with Gasteiger partial charge < -0.3 is 20.3 Å². The van der Waals surface area contributed by atoms with Gasteiger partial charge in [0.1, 0.15) is 17.0 Å². The van der Waals surface area contributed by atoms with Crippen LogP contribution >= 0.6 is 0 Å². The van der Waals surface area contributed by atoms with Gasteiger partial charge in [0.25, 0.3) is 0 Å². The maximum Gasteiger partial charge on any atom is 0.331 e. The molecule has 0 saturated carbocycles. The number of hydrogen-bond acceptors (Lipinski definition) is 5. The third kappa shape index (κ3) is 5.55. The summed E-state index contributed by atoms with van der Waals surface area (Å²) in [6, 6.07) is 28.0. The van der Waals surface area contributed by atoms with Gasteiger partial charge in [-0.3, -0.25) is 4.79 Å². The molecular weight excluding hydrogens is 598 g/mol.